The maximum Gasteiger partial charge on any atom is 0.142 e. The summed E-state index contributed by atoms with van der Waals surface area (Å²) in [5.74, 6) is 0.984. The van der Waals surface area contributed by atoms with E-state index in [-0.39, 0.29) is 0 Å². The summed E-state index contributed by atoms with van der Waals surface area (Å²) >= 11 is 0. The van der Waals surface area contributed by atoms with Gasteiger partial charge in [-0.1, -0.05) is 188 Å². The fourth-order valence-corrected chi connectivity index (χ4v) is 8.98. The van der Waals surface area contributed by atoms with Crippen LogP contribution < -0.4 is 15.9 Å². The van der Waals surface area contributed by atoms with E-state index in [2.05, 4.69) is 193 Å². The second kappa shape index (κ2) is 13.0. The molecular formula is C44H33N2P. The first-order valence-electron chi connectivity index (χ1n) is 16.0. The standard InChI is InChI=1S/C44H33N2P/c1-6-18-33(19-7-1)32-46-43(36-23-10-3-11-24-36)42(35-21-8-2-9-22-35)45-44(46)41-39-29-17-16-20-34(39)30-31-40(41)47(37-25-12-4-13-26-37)38-27-14-5-15-28-38/h1-31H,32H2. The number of nitrogens with zero attached hydrogens (tertiary/aromatic N) is 2. The minimum atomic E-state index is -0.897. The molecule has 0 aliphatic carbocycles. The Morgan fingerprint density at radius 2 is 0.979 bits per heavy atom. The van der Waals surface area contributed by atoms with Crippen molar-refractivity contribution in [2.75, 3.05) is 0 Å². The molecule has 0 radical (unpaired) electrons. The molecule has 0 bridgehead atoms. The van der Waals surface area contributed by atoms with E-state index in [1.54, 1.807) is 0 Å². The molecule has 1 heterocycles. The van der Waals surface area contributed by atoms with Crippen LogP contribution in [0.3, 0.4) is 0 Å². The van der Waals surface area contributed by atoms with E-state index < -0.39 is 7.92 Å². The zero-order chi connectivity index (χ0) is 31.4. The highest BCUT2D eigenvalue weighted by Crippen LogP contribution is 2.43. The van der Waals surface area contributed by atoms with Gasteiger partial charge in [0.2, 0.25) is 0 Å². The summed E-state index contributed by atoms with van der Waals surface area (Å²) in [5.41, 5.74) is 6.80. The van der Waals surface area contributed by atoms with Crippen LogP contribution in [0.5, 0.6) is 0 Å². The number of aromatic nitrogens is 2. The summed E-state index contributed by atoms with van der Waals surface area (Å²) < 4.78 is 2.46. The molecule has 0 atom stereocenters. The van der Waals surface area contributed by atoms with E-state index in [0.717, 1.165) is 28.3 Å². The molecule has 8 rings (SSSR count). The molecule has 1 aromatic heterocycles. The van der Waals surface area contributed by atoms with Gasteiger partial charge in [-0.15, -0.1) is 0 Å². The lowest BCUT2D eigenvalue weighted by Crippen LogP contribution is -2.23. The van der Waals surface area contributed by atoms with Crippen LogP contribution in [0, 0.1) is 0 Å². The van der Waals surface area contributed by atoms with Gasteiger partial charge in [0.1, 0.15) is 5.82 Å². The lowest BCUT2D eigenvalue weighted by atomic mass is 10.0. The molecule has 0 amide bonds. The first-order chi connectivity index (χ1) is 23.3. The SMILES string of the molecule is c1ccc(Cn2c(-c3c(P(c4ccccc4)c4ccccc4)ccc4ccccc34)nc(-c3ccccc3)c2-c2ccccc2)cc1. The number of hydrogen-bond acceptors (Lipinski definition) is 1. The molecule has 0 spiro atoms. The van der Waals surface area contributed by atoms with Gasteiger partial charge < -0.3 is 4.57 Å². The second-order valence-corrected chi connectivity index (χ2v) is 13.8. The summed E-state index contributed by atoms with van der Waals surface area (Å²) in [4.78, 5) is 5.68. The number of hydrogen-bond donors (Lipinski definition) is 0. The maximum atomic E-state index is 5.68. The summed E-state index contributed by atoms with van der Waals surface area (Å²) in [6, 6.07) is 67.5. The first kappa shape index (κ1) is 28.9. The lowest BCUT2D eigenvalue weighted by Gasteiger charge is -2.24. The van der Waals surface area contributed by atoms with Gasteiger partial charge >= 0.3 is 0 Å². The van der Waals surface area contributed by atoms with E-state index in [1.165, 1.54) is 37.8 Å². The van der Waals surface area contributed by atoms with Crippen molar-refractivity contribution in [2.45, 2.75) is 6.54 Å². The number of benzene rings is 7. The fraction of sp³-hybridized carbons (Fsp3) is 0.0227. The molecule has 0 fully saturated rings. The molecule has 0 N–H and O–H groups in total. The van der Waals surface area contributed by atoms with Crippen LogP contribution in [-0.2, 0) is 6.54 Å². The van der Waals surface area contributed by atoms with Crippen LogP contribution in [0.4, 0.5) is 0 Å². The molecule has 0 unspecified atom stereocenters. The van der Waals surface area contributed by atoms with E-state index in [0.29, 0.717) is 6.54 Å². The molecule has 0 aliphatic rings. The van der Waals surface area contributed by atoms with Gasteiger partial charge in [-0.3, -0.25) is 0 Å². The lowest BCUT2D eigenvalue weighted by molar-refractivity contribution is 0.816. The monoisotopic (exact) mass is 620 g/mol. The summed E-state index contributed by atoms with van der Waals surface area (Å²) in [6.45, 7) is 0.692. The van der Waals surface area contributed by atoms with Gasteiger partial charge in [-0.2, -0.15) is 0 Å². The Kier molecular flexibility index (Phi) is 8.02. The van der Waals surface area contributed by atoms with Crippen LogP contribution in [0.15, 0.2) is 188 Å². The van der Waals surface area contributed by atoms with Crippen molar-refractivity contribution in [1.82, 2.24) is 9.55 Å². The Labute approximate surface area is 277 Å². The topological polar surface area (TPSA) is 17.8 Å². The first-order valence-corrected chi connectivity index (χ1v) is 17.4. The molecule has 3 heteroatoms. The zero-order valence-electron chi connectivity index (χ0n) is 25.9. The molecule has 224 valence electrons. The molecule has 0 aliphatic heterocycles. The molecular weight excluding hydrogens is 587 g/mol. The van der Waals surface area contributed by atoms with E-state index in [4.69, 9.17) is 4.98 Å². The van der Waals surface area contributed by atoms with Gasteiger partial charge in [0.05, 0.1) is 11.4 Å². The van der Waals surface area contributed by atoms with E-state index in [1.807, 2.05) is 0 Å². The molecule has 8 aromatic rings. The second-order valence-electron chi connectivity index (χ2n) is 11.6. The molecule has 2 nitrogen and oxygen atoms in total. The molecule has 7 aromatic carbocycles. The third kappa shape index (κ3) is 5.69. The highest BCUT2D eigenvalue weighted by atomic mass is 31.1. The van der Waals surface area contributed by atoms with Crippen LogP contribution in [0.25, 0.3) is 44.7 Å². The predicted octanol–water partition coefficient (Wildman–Crippen LogP) is 9.84. The smallest absolute Gasteiger partial charge is 0.142 e. The van der Waals surface area contributed by atoms with Gasteiger partial charge in [-0.25, -0.2) is 4.98 Å². The Bertz CT molecular complexity index is 2210. The van der Waals surface area contributed by atoms with Crippen molar-refractivity contribution in [3.63, 3.8) is 0 Å². The van der Waals surface area contributed by atoms with E-state index in [9.17, 15) is 0 Å². The minimum absolute atomic E-state index is 0.692. The summed E-state index contributed by atoms with van der Waals surface area (Å²) in [7, 11) is -0.897. The molecule has 0 saturated heterocycles. The van der Waals surface area contributed by atoms with Gasteiger partial charge in [0.25, 0.3) is 0 Å². The Hall–Kier alpha value is -5.56. The van der Waals surface area contributed by atoms with Crippen molar-refractivity contribution in [3.05, 3.63) is 194 Å². The van der Waals surface area contributed by atoms with Crippen molar-refractivity contribution >= 4 is 34.6 Å². The highest BCUT2D eigenvalue weighted by molar-refractivity contribution is 7.80. The number of rotatable bonds is 8. The quantitative estimate of drug-likeness (QED) is 0.155. The normalized spacial score (nSPS) is 11.3. The third-order valence-corrected chi connectivity index (χ3v) is 11.1. The van der Waals surface area contributed by atoms with Crippen LogP contribution in [-0.4, -0.2) is 9.55 Å². The van der Waals surface area contributed by atoms with Gasteiger partial charge in [0.15, 0.2) is 0 Å². The number of imidazole rings is 1. The summed E-state index contributed by atoms with van der Waals surface area (Å²) in [5, 5.41) is 6.35. The van der Waals surface area contributed by atoms with Crippen LogP contribution >= 0.6 is 7.92 Å². The third-order valence-electron chi connectivity index (χ3n) is 8.65. The van der Waals surface area contributed by atoms with Crippen molar-refractivity contribution in [3.8, 4) is 33.9 Å². The maximum absolute atomic E-state index is 5.68. The highest BCUT2D eigenvalue weighted by Gasteiger charge is 2.28. The zero-order valence-corrected chi connectivity index (χ0v) is 26.8. The fourth-order valence-electron chi connectivity index (χ4n) is 6.51. The van der Waals surface area contributed by atoms with Crippen LogP contribution in [0.1, 0.15) is 5.56 Å². The average Bonchev–Trinajstić information content (AvgIpc) is 3.52. The minimum Gasteiger partial charge on any atom is -0.319 e. The van der Waals surface area contributed by atoms with Gasteiger partial charge in [0, 0.05) is 23.2 Å². The van der Waals surface area contributed by atoms with Crippen molar-refractivity contribution < 1.29 is 0 Å². The van der Waals surface area contributed by atoms with E-state index >= 15 is 0 Å². The van der Waals surface area contributed by atoms with Gasteiger partial charge in [-0.05, 0) is 40.2 Å². The Morgan fingerprint density at radius 3 is 1.60 bits per heavy atom. The predicted molar refractivity (Wildman–Crippen MR) is 200 cm³/mol. The number of fused-ring (bicyclic) bond motifs is 1. The van der Waals surface area contributed by atoms with Crippen molar-refractivity contribution in [1.29, 1.82) is 0 Å². The largest absolute Gasteiger partial charge is 0.319 e. The molecule has 0 saturated carbocycles. The summed E-state index contributed by atoms with van der Waals surface area (Å²) in [6.07, 6.45) is 0. The van der Waals surface area contributed by atoms with Crippen molar-refractivity contribution in [2.24, 2.45) is 0 Å². The Balaban J connectivity index is 1.50. The van der Waals surface area contributed by atoms with Crippen LogP contribution in [0.2, 0.25) is 0 Å². The average molecular weight is 621 g/mol. The Morgan fingerprint density at radius 1 is 0.468 bits per heavy atom. The molecule has 47 heavy (non-hydrogen) atoms.